The highest BCUT2D eigenvalue weighted by Gasteiger charge is 2.24. The van der Waals surface area contributed by atoms with Crippen molar-refractivity contribution in [1.82, 2.24) is 9.97 Å². The number of fused-ring (bicyclic) bond motifs is 2. The predicted molar refractivity (Wildman–Crippen MR) is 77.0 cm³/mol. The highest BCUT2D eigenvalue weighted by atomic mass is 16.5. The van der Waals surface area contributed by atoms with Gasteiger partial charge in [-0.1, -0.05) is 0 Å². The van der Waals surface area contributed by atoms with E-state index < -0.39 is 11.2 Å². The van der Waals surface area contributed by atoms with Gasteiger partial charge in [-0.25, -0.2) is 4.79 Å². The fraction of sp³-hybridized carbons (Fsp3) is 0.200. The van der Waals surface area contributed by atoms with Crippen LogP contribution in [0.3, 0.4) is 0 Å². The third kappa shape index (κ3) is 2.16. The zero-order valence-electron chi connectivity index (χ0n) is 11.9. The number of ether oxygens (including phenoxy) is 1. The molecule has 0 unspecified atom stereocenters. The molecule has 2 N–H and O–H groups in total. The fourth-order valence-corrected chi connectivity index (χ4v) is 2.48. The van der Waals surface area contributed by atoms with Crippen molar-refractivity contribution in [3.8, 4) is 11.6 Å². The van der Waals surface area contributed by atoms with Gasteiger partial charge in [-0.3, -0.25) is 24.4 Å². The molecule has 0 radical (unpaired) electrons. The highest BCUT2D eigenvalue weighted by Crippen LogP contribution is 2.35. The second-order valence-corrected chi connectivity index (χ2v) is 5.11. The zero-order chi connectivity index (χ0) is 16.0. The van der Waals surface area contributed by atoms with Crippen LogP contribution < -0.4 is 16.0 Å². The van der Waals surface area contributed by atoms with Crippen LogP contribution in [0.4, 0.5) is 0 Å². The molecule has 0 aliphatic carbocycles. The van der Waals surface area contributed by atoms with Gasteiger partial charge >= 0.3 is 5.69 Å². The van der Waals surface area contributed by atoms with E-state index in [-0.39, 0.29) is 35.0 Å². The standard InChI is InChI=1S/C15H12N2O5/c1-6(18)9-3-8-4-11-13(20)16-15(21)17-14(11)22-12(8)5-10(9)7(2)19/h3,5H,4H2,1-2H3,(H2,16,17,20,21). The average Bonchev–Trinajstić information content (AvgIpc) is 2.43. The molecule has 2 aromatic rings. The number of aromatic amines is 2. The Hall–Kier alpha value is -2.96. The van der Waals surface area contributed by atoms with E-state index in [0.29, 0.717) is 16.9 Å². The third-order valence-corrected chi connectivity index (χ3v) is 3.54. The van der Waals surface area contributed by atoms with Crippen molar-refractivity contribution in [1.29, 1.82) is 0 Å². The molecule has 0 fully saturated rings. The number of ketones is 2. The lowest BCUT2D eigenvalue weighted by Gasteiger charge is -2.20. The van der Waals surface area contributed by atoms with Crippen LogP contribution in [-0.4, -0.2) is 21.5 Å². The molecular formula is C15H12N2O5. The SMILES string of the molecule is CC(=O)c1cc2c(cc1C(C)=O)Oc1[nH]c(=O)[nH]c(=O)c1C2. The van der Waals surface area contributed by atoms with E-state index >= 15 is 0 Å². The van der Waals surface area contributed by atoms with Crippen LogP contribution in [0.1, 0.15) is 45.7 Å². The van der Waals surface area contributed by atoms with Gasteiger partial charge in [0, 0.05) is 23.1 Å². The zero-order valence-corrected chi connectivity index (χ0v) is 11.9. The van der Waals surface area contributed by atoms with Crippen LogP contribution in [0.2, 0.25) is 0 Å². The lowest BCUT2D eigenvalue weighted by Crippen LogP contribution is -2.28. The number of nitrogens with one attached hydrogen (secondary N) is 2. The molecule has 0 amide bonds. The molecule has 0 saturated carbocycles. The van der Waals surface area contributed by atoms with E-state index in [1.807, 2.05) is 0 Å². The van der Waals surface area contributed by atoms with Gasteiger partial charge in [-0.15, -0.1) is 0 Å². The van der Waals surface area contributed by atoms with Crippen molar-refractivity contribution in [2.45, 2.75) is 20.3 Å². The molecule has 22 heavy (non-hydrogen) atoms. The predicted octanol–water partition coefficient (Wildman–Crippen LogP) is 1.16. The number of aromatic nitrogens is 2. The van der Waals surface area contributed by atoms with Gasteiger partial charge in [-0.05, 0) is 26.0 Å². The molecule has 2 heterocycles. The number of hydrogen-bond donors (Lipinski definition) is 2. The Morgan fingerprint density at radius 1 is 1.05 bits per heavy atom. The van der Waals surface area contributed by atoms with Crippen LogP contribution in [0, 0.1) is 0 Å². The molecule has 0 spiro atoms. The van der Waals surface area contributed by atoms with E-state index in [9.17, 15) is 19.2 Å². The Bertz CT molecular complexity index is 936. The van der Waals surface area contributed by atoms with Gasteiger partial charge in [0.15, 0.2) is 11.6 Å². The Labute approximate surface area is 124 Å². The van der Waals surface area contributed by atoms with Gasteiger partial charge in [0.1, 0.15) is 5.75 Å². The molecule has 7 nitrogen and oxygen atoms in total. The summed E-state index contributed by atoms with van der Waals surface area (Å²) in [4.78, 5) is 51.0. The molecule has 0 bridgehead atoms. The summed E-state index contributed by atoms with van der Waals surface area (Å²) in [5.41, 5.74) is 0.224. The topological polar surface area (TPSA) is 109 Å². The lowest BCUT2D eigenvalue weighted by atomic mass is 9.94. The van der Waals surface area contributed by atoms with Gasteiger partial charge in [-0.2, -0.15) is 0 Å². The molecular weight excluding hydrogens is 288 g/mol. The van der Waals surface area contributed by atoms with Crippen molar-refractivity contribution in [3.05, 3.63) is 55.2 Å². The summed E-state index contributed by atoms with van der Waals surface area (Å²) in [6.07, 6.45) is 0.204. The number of hydrogen-bond acceptors (Lipinski definition) is 5. The number of rotatable bonds is 2. The highest BCUT2D eigenvalue weighted by molar-refractivity contribution is 6.07. The second-order valence-electron chi connectivity index (χ2n) is 5.11. The minimum absolute atomic E-state index is 0.0614. The Balaban J connectivity index is 2.21. The molecule has 7 heteroatoms. The van der Waals surface area contributed by atoms with Gasteiger partial charge in [0.2, 0.25) is 5.88 Å². The van der Waals surface area contributed by atoms with E-state index in [2.05, 4.69) is 9.97 Å². The molecule has 3 rings (SSSR count). The van der Waals surface area contributed by atoms with E-state index in [4.69, 9.17) is 4.74 Å². The first kappa shape index (κ1) is 14.0. The van der Waals surface area contributed by atoms with Crippen molar-refractivity contribution in [2.24, 2.45) is 0 Å². The number of carbonyl (C=O) groups is 2. The number of Topliss-reactive ketones (excluding diaryl/α,β-unsaturated/α-hetero) is 2. The van der Waals surface area contributed by atoms with Crippen LogP contribution in [0.15, 0.2) is 21.7 Å². The maximum Gasteiger partial charge on any atom is 0.328 e. The summed E-state index contributed by atoms with van der Waals surface area (Å²) in [5, 5.41) is 0. The minimum Gasteiger partial charge on any atom is -0.440 e. The summed E-state index contributed by atoms with van der Waals surface area (Å²) >= 11 is 0. The van der Waals surface area contributed by atoms with Crippen molar-refractivity contribution in [3.63, 3.8) is 0 Å². The quantitative estimate of drug-likeness (QED) is 0.690. The molecule has 1 aliphatic rings. The van der Waals surface area contributed by atoms with Crippen LogP contribution >= 0.6 is 0 Å². The van der Waals surface area contributed by atoms with Gasteiger partial charge in [0.05, 0.1) is 5.56 Å². The molecule has 1 aromatic heterocycles. The number of carbonyl (C=O) groups excluding carboxylic acids is 2. The minimum atomic E-state index is -0.667. The first-order valence-electron chi connectivity index (χ1n) is 6.59. The summed E-state index contributed by atoms with van der Waals surface area (Å²) in [6, 6.07) is 3.03. The Morgan fingerprint density at radius 3 is 2.32 bits per heavy atom. The molecule has 0 saturated heterocycles. The first-order chi connectivity index (χ1) is 10.4. The third-order valence-electron chi connectivity index (χ3n) is 3.54. The largest absolute Gasteiger partial charge is 0.440 e. The smallest absolute Gasteiger partial charge is 0.328 e. The van der Waals surface area contributed by atoms with Crippen LogP contribution in [0.5, 0.6) is 11.6 Å². The Morgan fingerprint density at radius 2 is 1.68 bits per heavy atom. The lowest BCUT2D eigenvalue weighted by molar-refractivity contribution is 0.0980. The van der Waals surface area contributed by atoms with Crippen molar-refractivity contribution in [2.75, 3.05) is 0 Å². The monoisotopic (exact) mass is 300 g/mol. The normalized spacial score (nSPS) is 12.1. The van der Waals surface area contributed by atoms with Gasteiger partial charge in [0.25, 0.3) is 5.56 Å². The fourth-order valence-electron chi connectivity index (χ4n) is 2.48. The number of benzene rings is 1. The molecule has 1 aliphatic heterocycles. The van der Waals surface area contributed by atoms with Crippen LogP contribution in [0.25, 0.3) is 0 Å². The van der Waals surface area contributed by atoms with Gasteiger partial charge < -0.3 is 4.74 Å². The van der Waals surface area contributed by atoms with E-state index in [1.54, 1.807) is 6.07 Å². The number of H-pyrrole nitrogens is 2. The van der Waals surface area contributed by atoms with E-state index in [0.717, 1.165) is 0 Å². The van der Waals surface area contributed by atoms with Crippen molar-refractivity contribution < 1.29 is 14.3 Å². The van der Waals surface area contributed by atoms with E-state index in [1.165, 1.54) is 19.9 Å². The van der Waals surface area contributed by atoms with Crippen molar-refractivity contribution >= 4 is 11.6 Å². The summed E-state index contributed by atoms with van der Waals surface area (Å²) in [7, 11) is 0. The first-order valence-corrected chi connectivity index (χ1v) is 6.59. The maximum atomic E-state index is 11.8. The summed E-state index contributed by atoms with van der Waals surface area (Å²) in [6.45, 7) is 2.73. The summed E-state index contributed by atoms with van der Waals surface area (Å²) < 4.78 is 5.53. The molecule has 112 valence electrons. The van der Waals surface area contributed by atoms with Crippen LogP contribution in [-0.2, 0) is 6.42 Å². The molecule has 1 aromatic carbocycles. The molecule has 0 atom stereocenters. The average molecular weight is 300 g/mol. The summed E-state index contributed by atoms with van der Waals surface area (Å²) in [5.74, 6) is -0.0914. The second kappa shape index (κ2) is 4.80. The maximum absolute atomic E-state index is 11.8. The Kier molecular flexibility index (Phi) is 3.05.